The second-order valence-corrected chi connectivity index (χ2v) is 7.68. The summed E-state index contributed by atoms with van der Waals surface area (Å²) in [5.74, 6) is -1.93. The van der Waals surface area contributed by atoms with E-state index in [0.717, 1.165) is 17.7 Å². The molecule has 0 bridgehead atoms. The Labute approximate surface area is 184 Å². The molecule has 0 aromatic heterocycles. The summed E-state index contributed by atoms with van der Waals surface area (Å²) in [7, 11) is 0. The molecule has 2 aromatic carbocycles. The zero-order valence-electron chi connectivity index (χ0n) is 17.8. The van der Waals surface area contributed by atoms with Gasteiger partial charge in [-0.05, 0) is 38.1 Å². The Hall–Kier alpha value is -3.36. The van der Waals surface area contributed by atoms with Gasteiger partial charge in [0.1, 0.15) is 0 Å². The molecule has 9 heteroatoms. The van der Waals surface area contributed by atoms with Crippen LogP contribution in [0.4, 0.5) is 24.5 Å². The standard InChI is InChI=1S/C23H24F3N3O3/c1-3-28(14-20(30)27-19-7-5-4-6-18(19)23(24,25)26)22(32)16-12-21(31)29(13-16)17-10-8-15(2)9-11-17/h4-11,16H,3,12-14H2,1-2H3,(H,27,30). The van der Waals surface area contributed by atoms with Crippen molar-refractivity contribution >= 4 is 29.1 Å². The van der Waals surface area contributed by atoms with Crippen molar-refractivity contribution < 1.29 is 27.6 Å². The first-order chi connectivity index (χ1) is 15.1. The van der Waals surface area contributed by atoms with Crippen LogP contribution in [0.5, 0.6) is 0 Å². The quantitative estimate of drug-likeness (QED) is 0.731. The zero-order valence-corrected chi connectivity index (χ0v) is 17.8. The zero-order chi connectivity index (χ0) is 23.5. The maximum Gasteiger partial charge on any atom is 0.418 e. The molecule has 0 saturated carbocycles. The van der Waals surface area contributed by atoms with E-state index in [1.54, 1.807) is 6.92 Å². The third kappa shape index (κ3) is 5.27. The number of anilines is 2. The van der Waals surface area contributed by atoms with Gasteiger partial charge in [-0.2, -0.15) is 13.2 Å². The normalized spacial score (nSPS) is 16.2. The summed E-state index contributed by atoms with van der Waals surface area (Å²) in [6, 6.07) is 12.0. The SMILES string of the molecule is CCN(CC(=O)Nc1ccccc1C(F)(F)F)C(=O)C1CC(=O)N(c2ccc(C)cc2)C1. The second-order valence-electron chi connectivity index (χ2n) is 7.68. The van der Waals surface area contributed by atoms with Crippen molar-refractivity contribution in [2.45, 2.75) is 26.4 Å². The molecular weight excluding hydrogens is 423 g/mol. The number of rotatable bonds is 6. The van der Waals surface area contributed by atoms with Gasteiger partial charge in [0.2, 0.25) is 17.7 Å². The Morgan fingerprint density at radius 1 is 1.12 bits per heavy atom. The van der Waals surface area contributed by atoms with E-state index in [4.69, 9.17) is 0 Å². The number of carbonyl (C=O) groups excluding carboxylic acids is 3. The second kappa shape index (κ2) is 9.42. The van der Waals surface area contributed by atoms with Crippen molar-refractivity contribution in [1.29, 1.82) is 0 Å². The lowest BCUT2D eigenvalue weighted by atomic mass is 10.1. The molecule has 1 heterocycles. The summed E-state index contributed by atoms with van der Waals surface area (Å²) in [4.78, 5) is 40.6. The number of benzene rings is 2. The Balaban J connectivity index is 1.66. The smallest absolute Gasteiger partial charge is 0.333 e. The lowest BCUT2D eigenvalue weighted by molar-refractivity contribution is -0.138. The number of para-hydroxylation sites is 1. The molecule has 0 spiro atoms. The highest BCUT2D eigenvalue weighted by molar-refractivity contribution is 6.01. The van der Waals surface area contributed by atoms with Crippen LogP contribution in [0.2, 0.25) is 0 Å². The van der Waals surface area contributed by atoms with Crippen molar-refractivity contribution in [3.05, 3.63) is 59.7 Å². The number of nitrogens with zero attached hydrogens (tertiary/aromatic N) is 2. The number of alkyl halides is 3. The van der Waals surface area contributed by atoms with E-state index < -0.39 is 30.1 Å². The van der Waals surface area contributed by atoms with Gasteiger partial charge in [0.15, 0.2) is 0 Å². The molecule has 1 atom stereocenters. The highest BCUT2D eigenvalue weighted by atomic mass is 19.4. The third-order valence-electron chi connectivity index (χ3n) is 5.35. The van der Waals surface area contributed by atoms with Crippen LogP contribution in [0, 0.1) is 12.8 Å². The number of halogens is 3. The van der Waals surface area contributed by atoms with Gasteiger partial charge in [-0.3, -0.25) is 14.4 Å². The van der Waals surface area contributed by atoms with Gasteiger partial charge >= 0.3 is 6.18 Å². The van der Waals surface area contributed by atoms with Gasteiger partial charge in [0.25, 0.3) is 0 Å². The van der Waals surface area contributed by atoms with Crippen LogP contribution in [0.1, 0.15) is 24.5 Å². The van der Waals surface area contributed by atoms with Crippen molar-refractivity contribution in [3.8, 4) is 0 Å². The van der Waals surface area contributed by atoms with E-state index in [0.29, 0.717) is 5.69 Å². The van der Waals surface area contributed by atoms with Crippen LogP contribution >= 0.6 is 0 Å². The molecule has 1 saturated heterocycles. The lowest BCUT2D eigenvalue weighted by Crippen LogP contribution is -2.42. The largest absolute Gasteiger partial charge is 0.418 e. The fraction of sp³-hybridized carbons (Fsp3) is 0.348. The predicted molar refractivity (Wildman–Crippen MR) is 114 cm³/mol. The Kier molecular flexibility index (Phi) is 6.86. The van der Waals surface area contributed by atoms with Crippen LogP contribution in [0.25, 0.3) is 0 Å². The molecule has 3 amide bonds. The molecule has 6 nitrogen and oxygen atoms in total. The molecule has 1 N–H and O–H groups in total. The minimum Gasteiger partial charge on any atom is -0.333 e. The fourth-order valence-corrected chi connectivity index (χ4v) is 3.65. The molecule has 2 aromatic rings. The monoisotopic (exact) mass is 447 g/mol. The minimum atomic E-state index is -4.62. The molecule has 3 rings (SSSR count). The number of hydrogen-bond acceptors (Lipinski definition) is 3. The molecule has 1 fully saturated rings. The summed E-state index contributed by atoms with van der Waals surface area (Å²) < 4.78 is 39.4. The van der Waals surface area contributed by atoms with E-state index >= 15 is 0 Å². The lowest BCUT2D eigenvalue weighted by Gasteiger charge is -2.24. The first-order valence-corrected chi connectivity index (χ1v) is 10.2. The Morgan fingerprint density at radius 2 is 1.78 bits per heavy atom. The van der Waals surface area contributed by atoms with Gasteiger partial charge in [0.05, 0.1) is 23.7 Å². The Bertz CT molecular complexity index is 1010. The van der Waals surface area contributed by atoms with Gasteiger partial charge in [-0.25, -0.2) is 0 Å². The highest BCUT2D eigenvalue weighted by Crippen LogP contribution is 2.34. The van der Waals surface area contributed by atoms with Gasteiger partial charge < -0.3 is 15.1 Å². The Morgan fingerprint density at radius 3 is 2.41 bits per heavy atom. The average molecular weight is 447 g/mol. The van der Waals surface area contributed by atoms with E-state index in [2.05, 4.69) is 5.32 Å². The van der Waals surface area contributed by atoms with E-state index in [-0.39, 0.29) is 37.0 Å². The number of hydrogen-bond donors (Lipinski definition) is 1. The van der Waals surface area contributed by atoms with Crippen molar-refractivity contribution in [3.63, 3.8) is 0 Å². The number of carbonyl (C=O) groups is 3. The van der Waals surface area contributed by atoms with Crippen LogP contribution in [0.15, 0.2) is 48.5 Å². The summed E-state index contributed by atoms with van der Waals surface area (Å²) in [5.41, 5.74) is 0.414. The molecular formula is C23H24F3N3O3. The van der Waals surface area contributed by atoms with Crippen LogP contribution in [0.3, 0.4) is 0 Å². The van der Waals surface area contributed by atoms with E-state index in [1.165, 1.54) is 21.9 Å². The van der Waals surface area contributed by atoms with Gasteiger partial charge in [0, 0.05) is 25.2 Å². The predicted octanol–water partition coefficient (Wildman–Crippen LogP) is 3.85. The summed E-state index contributed by atoms with van der Waals surface area (Å²) in [5, 5.41) is 2.25. The molecule has 1 aliphatic heterocycles. The fourth-order valence-electron chi connectivity index (χ4n) is 3.65. The summed E-state index contributed by atoms with van der Waals surface area (Å²) in [6.45, 7) is 3.57. The molecule has 170 valence electrons. The van der Waals surface area contributed by atoms with Gasteiger partial charge in [-0.1, -0.05) is 29.8 Å². The number of aryl methyl sites for hydroxylation is 1. The van der Waals surface area contributed by atoms with Crippen LogP contribution in [-0.4, -0.2) is 42.3 Å². The molecule has 0 radical (unpaired) electrons. The number of nitrogens with one attached hydrogen (secondary N) is 1. The molecule has 1 aliphatic rings. The summed E-state index contributed by atoms with van der Waals surface area (Å²) in [6.07, 6.45) is -4.60. The third-order valence-corrected chi connectivity index (χ3v) is 5.35. The molecule has 32 heavy (non-hydrogen) atoms. The van der Waals surface area contributed by atoms with Gasteiger partial charge in [-0.15, -0.1) is 0 Å². The maximum absolute atomic E-state index is 13.1. The van der Waals surface area contributed by atoms with E-state index in [9.17, 15) is 27.6 Å². The van der Waals surface area contributed by atoms with Crippen molar-refractivity contribution in [1.82, 2.24) is 4.90 Å². The molecule has 0 aliphatic carbocycles. The molecule has 1 unspecified atom stereocenters. The minimum absolute atomic E-state index is 0.0156. The number of amides is 3. The average Bonchev–Trinajstić information content (AvgIpc) is 3.13. The maximum atomic E-state index is 13.1. The van der Waals surface area contributed by atoms with Crippen molar-refractivity contribution in [2.75, 3.05) is 29.9 Å². The topological polar surface area (TPSA) is 69.7 Å². The van der Waals surface area contributed by atoms with Crippen molar-refractivity contribution in [2.24, 2.45) is 5.92 Å². The summed E-state index contributed by atoms with van der Waals surface area (Å²) >= 11 is 0. The first-order valence-electron chi connectivity index (χ1n) is 10.2. The number of likely N-dealkylation sites (N-methyl/N-ethyl adjacent to an activating group) is 1. The highest BCUT2D eigenvalue weighted by Gasteiger charge is 2.38. The van der Waals surface area contributed by atoms with Crippen LogP contribution < -0.4 is 10.2 Å². The first kappa shape index (κ1) is 23.3. The van der Waals surface area contributed by atoms with Crippen LogP contribution in [-0.2, 0) is 20.6 Å². The van der Waals surface area contributed by atoms with E-state index in [1.807, 2.05) is 31.2 Å².